The lowest BCUT2D eigenvalue weighted by Crippen LogP contribution is -2.19. The predicted octanol–water partition coefficient (Wildman–Crippen LogP) is 4.69. The zero-order chi connectivity index (χ0) is 20.3. The van der Waals surface area contributed by atoms with Crippen molar-refractivity contribution >= 4 is 56.9 Å². The van der Waals surface area contributed by atoms with Gasteiger partial charge >= 0.3 is 5.97 Å². The number of hydrogen-bond acceptors (Lipinski definition) is 5. The fourth-order valence-corrected chi connectivity index (χ4v) is 3.91. The Bertz CT molecular complexity index is 1010. The van der Waals surface area contributed by atoms with E-state index in [1.165, 1.54) is 24.5 Å². The molecule has 1 aromatic carbocycles. The fraction of sp³-hybridized carbons (Fsp3) is 0.167. The minimum atomic E-state index is -0.441. The molecule has 146 valence electrons. The van der Waals surface area contributed by atoms with Crippen LogP contribution in [0, 0.1) is 12.7 Å². The molecule has 3 rings (SSSR count). The van der Waals surface area contributed by atoms with Crippen LogP contribution < -0.4 is 10.6 Å². The predicted molar refractivity (Wildman–Crippen MR) is 113 cm³/mol. The Hall–Kier alpha value is -2.49. The number of hydrogen-bond donors (Lipinski definition) is 2. The van der Waals surface area contributed by atoms with E-state index < -0.39 is 11.8 Å². The molecule has 0 radical (unpaired) electrons. The zero-order valence-corrected chi connectivity index (χ0v) is 17.3. The van der Waals surface area contributed by atoms with Crippen LogP contribution in [0.5, 0.6) is 0 Å². The standard InChI is InChI=1S/C18H16ClFN4O2S2/c1-10-6-12(17(25)26-2)16(28-10)23-18(27)22-11-7-21-24(8-11)9-13-14(19)4-3-5-15(13)20/h3-8H,9H2,1-2H3,(H2,22,23,27). The van der Waals surface area contributed by atoms with Crippen LogP contribution >= 0.6 is 35.2 Å². The second kappa shape index (κ2) is 8.68. The number of rotatable bonds is 5. The number of carbonyl (C=O) groups excluding carboxylic acids is 1. The molecule has 2 N–H and O–H groups in total. The lowest BCUT2D eigenvalue weighted by atomic mass is 10.2. The number of halogens is 2. The van der Waals surface area contributed by atoms with Gasteiger partial charge in [-0.1, -0.05) is 17.7 Å². The molecule has 28 heavy (non-hydrogen) atoms. The van der Waals surface area contributed by atoms with Crippen LogP contribution in [-0.2, 0) is 11.3 Å². The van der Waals surface area contributed by atoms with E-state index in [0.29, 0.717) is 26.8 Å². The van der Waals surface area contributed by atoms with Crippen molar-refractivity contribution in [2.24, 2.45) is 0 Å². The maximum atomic E-state index is 13.9. The summed E-state index contributed by atoms with van der Waals surface area (Å²) in [7, 11) is 1.33. The van der Waals surface area contributed by atoms with Gasteiger partial charge in [-0.25, -0.2) is 9.18 Å². The number of anilines is 2. The Morgan fingerprint density at radius 1 is 1.43 bits per heavy atom. The van der Waals surface area contributed by atoms with Crippen LogP contribution in [0.15, 0.2) is 36.7 Å². The van der Waals surface area contributed by atoms with E-state index >= 15 is 0 Å². The molecule has 0 aliphatic heterocycles. The van der Waals surface area contributed by atoms with Crippen LogP contribution in [0.3, 0.4) is 0 Å². The lowest BCUT2D eigenvalue weighted by Gasteiger charge is -2.09. The van der Waals surface area contributed by atoms with Gasteiger partial charge in [-0.3, -0.25) is 4.68 Å². The van der Waals surface area contributed by atoms with Crippen molar-refractivity contribution in [3.05, 3.63) is 63.5 Å². The molecule has 6 nitrogen and oxygen atoms in total. The number of aromatic nitrogens is 2. The minimum Gasteiger partial charge on any atom is -0.465 e. The lowest BCUT2D eigenvalue weighted by molar-refractivity contribution is 0.0602. The van der Waals surface area contributed by atoms with Gasteiger partial charge in [-0.2, -0.15) is 5.10 Å². The second-order valence-corrected chi connectivity index (χ2v) is 7.87. The van der Waals surface area contributed by atoms with Gasteiger partial charge in [-0.15, -0.1) is 11.3 Å². The molecular weight excluding hydrogens is 423 g/mol. The van der Waals surface area contributed by atoms with Crippen molar-refractivity contribution in [2.75, 3.05) is 17.7 Å². The number of benzene rings is 1. The van der Waals surface area contributed by atoms with Gasteiger partial charge in [-0.05, 0) is 37.3 Å². The Kier molecular flexibility index (Phi) is 6.28. The van der Waals surface area contributed by atoms with Gasteiger partial charge in [0.25, 0.3) is 0 Å². The summed E-state index contributed by atoms with van der Waals surface area (Å²) in [6, 6.07) is 6.27. The van der Waals surface area contributed by atoms with Gasteiger partial charge in [0.05, 0.1) is 31.1 Å². The molecule has 0 saturated heterocycles. The summed E-state index contributed by atoms with van der Waals surface area (Å²) in [6.45, 7) is 2.07. The zero-order valence-electron chi connectivity index (χ0n) is 15.0. The highest BCUT2D eigenvalue weighted by Gasteiger charge is 2.16. The van der Waals surface area contributed by atoms with Crippen LogP contribution in [0.1, 0.15) is 20.8 Å². The number of thiocarbonyl (C=S) groups is 1. The molecule has 3 aromatic rings. The highest BCUT2D eigenvalue weighted by molar-refractivity contribution is 7.80. The number of esters is 1. The average molecular weight is 439 g/mol. The number of nitrogens with zero attached hydrogens (tertiary/aromatic N) is 2. The average Bonchev–Trinajstić information content (AvgIpc) is 3.23. The molecule has 10 heteroatoms. The second-order valence-electron chi connectivity index (χ2n) is 5.80. The molecule has 0 saturated carbocycles. The molecule has 0 fully saturated rings. The SMILES string of the molecule is COC(=O)c1cc(C)sc1NC(=S)Nc1cnn(Cc2c(F)cccc2Cl)c1. The molecule has 0 bridgehead atoms. The Labute approximate surface area is 175 Å². The van der Waals surface area contributed by atoms with Crippen molar-refractivity contribution in [3.8, 4) is 0 Å². The van der Waals surface area contributed by atoms with Gasteiger partial charge < -0.3 is 15.4 Å². The molecule has 2 aromatic heterocycles. The number of thiophene rings is 1. The molecule has 0 aliphatic carbocycles. The summed E-state index contributed by atoms with van der Waals surface area (Å²) >= 11 is 12.7. The molecule has 0 unspecified atom stereocenters. The summed E-state index contributed by atoms with van der Waals surface area (Å²) in [5.41, 5.74) is 1.38. The van der Waals surface area contributed by atoms with Gasteiger partial charge in [0, 0.05) is 21.7 Å². The summed E-state index contributed by atoms with van der Waals surface area (Å²) in [5, 5.41) is 11.4. The number of nitrogens with one attached hydrogen (secondary N) is 2. The summed E-state index contributed by atoms with van der Waals surface area (Å²) in [4.78, 5) is 12.8. The summed E-state index contributed by atoms with van der Waals surface area (Å²) < 4.78 is 20.2. The number of aryl methyl sites for hydroxylation is 1. The Balaban J connectivity index is 1.67. The van der Waals surface area contributed by atoms with E-state index in [1.54, 1.807) is 35.3 Å². The topological polar surface area (TPSA) is 68.2 Å². The van der Waals surface area contributed by atoms with Crippen LogP contribution in [-0.4, -0.2) is 28.0 Å². The molecule has 2 heterocycles. The monoisotopic (exact) mass is 438 g/mol. The maximum absolute atomic E-state index is 13.9. The summed E-state index contributed by atoms with van der Waals surface area (Å²) in [6.07, 6.45) is 3.24. The van der Waals surface area contributed by atoms with E-state index in [9.17, 15) is 9.18 Å². The number of carbonyl (C=O) groups is 1. The van der Waals surface area contributed by atoms with Crippen LogP contribution in [0.25, 0.3) is 0 Å². The highest BCUT2D eigenvalue weighted by Crippen LogP contribution is 2.28. The highest BCUT2D eigenvalue weighted by atomic mass is 35.5. The van der Waals surface area contributed by atoms with E-state index in [4.69, 9.17) is 28.6 Å². The van der Waals surface area contributed by atoms with Gasteiger partial charge in [0.1, 0.15) is 10.8 Å². The van der Waals surface area contributed by atoms with Gasteiger partial charge in [0.15, 0.2) is 5.11 Å². The van der Waals surface area contributed by atoms with Crippen molar-refractivity contribution in [3.63, 3.8) is 0 Å². The first-order chi connectivity index (χ1) is 13.4. The molecular formula is C18H16ClFN4O2S2. The van der Waals surface area contributed by atoms with Crippen LogP contribution in [0.4, 0.5) is 15.1 Å². The van der Waals surface area contributed by atoms with E-state index in [2.05, 4.69) is 15.7 Å². The number of ether oxygens (including phenoxy) is 1. The summed E-state index contributed by atoms with van der Waals surface area (Å²) in [5.74, 6) is -0.831. The normalized spacial score (nSPS) is 10.6. The third-order valence-corrected chi connectivity index (χ3v) is 5.28. The third-order valence-electron chi connectivity index (χ3n) is 3.76. The Morgan fingerprint density at radius 2 is 2.21 bits per heavy atom. The quantitative estimate of drug-likeness (QED) is 0.445. The van der Waals surface area contributed by atoms with E-state index in [0.717, 1.165) is 4.88 Å². The fourth-order valence-electron chi connectivity index (χ4n) is 2.49. The molecule has 0 atom stereocenters. The molecule has 0 aliphatic rings. The van der Waals surface area contributed by atoms with Crippen molar-refractivity contribution in [1.29, 1.82) is 0 Å². The minimum absolute atomic E-state index is 0.185. The first kappa shape index (κ1) is 20.2. The third kappa shape index (κ3) is 4.67. The van der Waals surface area contributed by atoms with Gasteiger partial charge in [0.2, 0.25) is 0 Å². The maximum Gasteiger partial charge on any atom is 0.340 e. The molecule has 0 amide bonds. The first-order valence-electron chi connectivity index (χ1n) is 8.09. The largest absolute Gasteiger partial charge is 0.465 e. The Morgan fingerprint density at radius 3 is 2.93 bits per heavy atom. The van der Waals surface area contributed by atoms with E-state index in [-0.39, 0.29) is 11.7 Å². The first-order valence-corrected chi connectivity index (χ1v) is 9.69. The van der Waals surface area contributed by atoms with Crippen molar-refractivity contribution < 1.29 is 13.9 Å². The molecule has 0 spiro atoms. The smallest absolute Gasteiger partial charge is 0.340 e. The van der Waals surface area contributed by atoms with Crippen molar-refractivity contribution in [2.45, 2.75) is 13.5 Å². The van der Waals surface area contributed by atoms with Crippen molar-refractivity contribution in [1.82, 2.24) is 9.78 Å². The van der Waals surface area contributed by atoms with Crippen LogP contribution in [0.2, 0.25) is 5.02 Å². The number of methoxy groups -OCH3 is 1. The van der Waals surface area contributed by atoms with E-state index in [1.807, 2.05) is 6.92 Å².